The Bertz CT molecular complexity index is 628. The Hall–Kier alpha value is -1.95. The molecule has 1 aromatic carbocycles. The molecule has 134 valence electrons. The minimum Gasteiger partial charge on any atom is -0.491 e. The zero-order valence-electron chi connectivity index (χ0n) is 14.6. The number of para-hydroxylation sites is 1. The van der Waals surface area contributed by atoms with E-state index in [1.165, 1.54) is 5.56 Å². The molecular formula is C20H27N3O2. The third-order valence-corrected chi connectivity index (χ3v) is 4.62. The SMILES string of the molecule is OCCOc1ccccc1CNC1CCN(Cc2cccnc2)CC1. The van der Waals surface area contributed by atoms with E-state index < -0.39 is 0 Å². The Morgan fingerprint density at radius 3 is 2.76 bits per heavy atom. The number of nitrogens with one attached hydrogen (secondary N) is 1. The lowest BCUT2D eigenvalue weighted by Crippen LogP contribution is -2.41. The van der Waals surface area contributed by atoms with Crippen LogP contribution in [0.25, 0.3) is 0 Å². The van der Waals surface area contributed by atoms with Crippen molar-refractivity contribution in [2.45, 2.75) is 32.0 Å². The van der Waals surface area contributed by atoms with Crippen LogP contribution in [-0.2, 0) is 13.1 Å². The molecule has 0 spiro atoms. The minimum atomic E-state index is 0.0388. The lowest BCUT2D eigenvalue weighted by molar-refractivity contribution is 0.188. The Kier molecular flexibility index (Phi) is 6.79. The summed E-state index contributed by atoms with van der Waals surface area (Å²) >= 11 is 0. The van der Waals surface area contributed by atoms with Crippen molar-refractivity contribution in [2.75, 3.05) is 26.3 Å². The lowest BCUT2D eigenvalue weighted by Gasteiger charge is -2.32. The van der Waals surface area contributed by atoms with Gasteiger partial charge in [-0.3, -0.25) is 9.88 Å². The first kappa shape index (κ1) is 17.9. The van der Waals surface area contributed by atoms with Gasteiger partial charge in [-0.15, -0.1) is 0 Å². The molecule has 0 amide bonds. The van der Waals surface area contributed by atoms with Gasteiger partial charge in [-0.05, 0) is 43.6 Å². The predicted octanol–water partition coefficient (Wildman–Crippen LogP) is 2.21. The largest absolute Gasteiger partial charge is 0.491 e. The van der Waals surface area contributed by atoms with Gasteiger partial charge in [0.1, 0.15) is 12.4 Å². The second-order valence-electron chi connectivity index (χ2n) is 6.47. The van der Waals surface area contributed by atoms with Crippen molar-refractivity contribution in [3.63, 3.8) is 0 Å². The molecule has 0 atom stereocenters. The van der Waals surface area contributed by atoms with Crippen LogP contribution < -0.4 is 10.1 Å². The molecule has 5 nitrogen and oxygen atoms in total. The van der Waals surface area contributed by atoms with Crippen molar-refractivity contribution >= 4 is 0 Å². The fraction of sp³-hybridized carbons (Fsp3) is 0.450. The number of aliphatic hydroxyl groups is 1. The summed E-state index contributed by atoms with van der Waals surface area (Å²) < 4.78 is 5.61. The van der Waals surface area contributed by atoms with E-state index in [1.54, 1.807) is 0 Å². The molecular weight excluding hydrogens is 314 g/mol. The minimum absolute atomic E-state index is 0.0388. The summed E-state index contributed by atoms with van der Waals surface area (Å²) in [5.74, 6) is 0.859. The highest BCUT2D eigenvalue weighted by atomic mass is 16.5. The third-order valence-electron chi connectivity index (χ3n) is 4.62. The van der Waals surface area contributed by atoms with Crippen LogP contribution in [-0.4, -0.2) is 47.3 Å². The van der Waals surface area contributed by atoms with E-state index in [1.807, 2.05) is 36.7 Å². The Balaban J connectivity index is 1.44. The number of pyridine rings is 1. The first-order valence-electron chi connectivity index (χ1n) is 9.01. The molecule has 3 rings (SSSR count). The monoisotopic (exact) mass is 341 g/mol. The Morgan fingerprint density at radius 1 is 1.16 bits per heavy atom. The maximum atomic E-state index is 8.93. The molecule has 1 saturated heterocycles. The number of nitrogens with zero attached hydrogens (tertiary/aromatic N) is 2. The maximum absolute atomic E-state index is 8.93. The summed E-state index contributed by atoms with van der Waals surface area (Å²) in [5.41, 5.74) is 2.43. The Labute approximate surface area is 149 Å². The summed E-state index contributed by atoms with van der Waals surface area (Å²) in [7, 11) is 0. The Morgan fingerprint density at radius 2 is 2.00 bits per heavy atom. The van der Waals surface area contributed by atoms with E-state index in [4.69, 9.17) is 9.84 Å². The van der Waals surface area contributed by atoms with E-state index in [0.29, 0.717) is 12.6 Å². The average molecular weight is 341 g/mol. The van der Waals surface area contributed by atoms with Crippen molar-refractivity contribution in [1.29, 1.82) is 0 Å². The molecule has 1 aliphatic rings. The summed E-state index contributed by atoms with van der Waals surface area (Å²) in [4.78, 5) is 6.68. The summed E-state index contributed by atoms with van der Waals surface area (Å²) in [6.07, 6.45) is 6.08. The third kappa shape index (κ3) is 5.53. The number of aliphatic hydroxyl groups excluding tert-OH is 1. The van der Waals surface area contributed by atoms with E-state index >= 15 is 0 Å². The molecule has 2 N–H and O–H groups in total. The second kappa shape index (κ2) is 9.51. The van der Waals surface area contributed by atoms with Gasteiger partial charge in [-0.25, -0.2) is 0 Å². The highest BCUT2D eigenvalue weighted by Crippen LogP contribution is 2.19. The van der Waals surface area contributed by atoms with E-state index in [2.05, 4.69) is 27.3 Å². The number of ether oxygens (including phenoxy) is 1. The molecule has 1 aliphatic heterocycles. The quantitative estimate of drug-likeness (QED) is 0.771. The highest BCUT2D eigenvalue weighted by Gasteiger charge is 2.19. The molecule has 2 aromatic rings. The molecule has 1 aromatic heterocycles. The number of likely N-dealkylation sites (tertiary alicyclic amines) is 1. The van der Waals surface area contributed by atoms with Gasteiger partial charge in [-0.1, -0.05) is 24.3 Å². The number of hydrogen-bond acceptors (Lipinski definition) is 5. The van der Waals surface area contributed by atoms with E-state index in [-0.39, 0.29) is 6.61 Å². The van der Waals surface area contributed by atoms with Crippen LogP contribution in [0.2, 0.25) is 0 Å². The van der Waals surface area contributed by atoms with E-state index in [9.17, 15) is 0 Å². The van der Waals surface area contributed by atoms with Crippen molar-refractivity contribution in [3.05, 3.63) is 59.9 Å². The van der Waals surface area contributed by atoms with Crippen molar-refractivity contribution < 1.29 is 9.84 Å². The zero-order valence-corrected chi connectivity index (χ0v) is 14.6. The molecule has 0 unspecified atom stereocenters. The molecule has 1 fully saturated rings. The molecule has 5 heteroatoms. The van der Waals surface area contributed by atoms with Crippen LogP contribution in [0.1, 0.15) is 24.0 Å². The molecule has 2 heterocycles. The normalized spacial score (nSPS) is 16.0. The van der Waals surface area contributed by atoms with Crippen molar-refractivity contribution in [2.24, 2.45) is 0 Å². The predicted molar refractivity (Wildman–Crippen MR) is 98.4 cm³/mol. The van der Waals surface area contributed by atoms with Crippen LogP contribution in [0.3, 0.4) is 0 Å². The van der Waals surface area contributed by atoms with Gasteiger partial charge in [0.15, 0.2) is 0 Å². The summed E-state index contributed by atoms with van der Waals surface area (Å²) in [6, 6.07) is 12.7. The number of piperidine rings is 1. The fourth-order valence-corrected chi connectivity index (χ4v) is 3.25. The van der Waals surface area contributed by atoms with Gasteiger partial charge < -0.3 is 15.2 Å². The van der Waals surface area contributed by atoms with Crippen LogP contribution in [0.4, 0.5) is 0 Å². The van der Waals surface area contributed by atoms with Gasteiger partial charge in [0.25, 0.3) is 0 Å². The van der Waals surface area contributed by atoms with Gasteiger partial charge in [0, 0.05) is 37.1 Å². The summed E-state index contributed by atoms with van der Waals surface area (Å²) in [5, 5.41) is 12.6. The van der Waals surface area contributed by atoms with Gasteiger partial charge in [0.05, 0.1) is 6.61 Å². The number of aromatic nitrogens is 1. The van der Waals surface area contributed by atoms with Gasteiger partial charge in [-0.2, -0.15) is 0 Å². The zero-order chi connectivity index (χ0) is 17.3. The molecule has 0 aliphatic carbocycles. The smallest absolute Gasteiger partial charge is 0.123 e. The number of hydrogen-bond donors (Lipinski definition) is 2. The second-order valence-corrected chi connectivity index (χ2v) is 6.47. The maximum Gasteiger partial charge on any atom is 0.123 e. The number of benzene rings is 1. The van der Waals surface area contributed by atoms with Crippen LogP contribution in [0.15, 0.2) is 48.8 Å². The number of rotatable bonds is 8. The van der Waals surface area contributed by atoms with Crippen LogP contribution in [0.5, 0.6) is 5.75 Å². The molecule has 0 bridgehead atoms. The molecule has 0 radical (unpaired) electrons. The van der Waals surface area contributed by atoms with Gasteiger partial charge in [0.2, 0.25) is 0 Å². The molecule has 0 saturated carbocycles. The average Bonchev–Trinajstić information content (AvgIpc) is 2.67. The van der Waals surface area contributed by atoms with Crippen molar-refractivity contribution in [3.8, 4) is 5.75 Å². The molecule has 25 heavy (non-hydrogen) atoms. The lowest BCUT2D eigenvalue weighted by atomic mass is 10.0. The first-order chi connectivity index (χ1) is 12.3. The van der Waals surface area contributed by atoms with Crippen molar-refractivity contribution in [1.82, 2.24) is 15.2 Å². The van der Waals surface area contributed by atoms with Crippen LogP contribution in [0, 0.1) is 0 Å². The van der Waals surface area contributed by atoms with Gasteiger partial charge >= 0.3 is 0 Å². The van der Waals surface area contributed by atoms with E-state index in [0.717, 1.165) is 50.3 Å². The fourth-order valence-electron chi connectivity index (χ4n) is 3.25. The topological polar surface area (TPSA) is 57.6 Å². The summed E-state index contributed by atoms with van der Waals surface area (Å²) in [6.45, 7) is 4.37. The standard InChI is InChI=1S/C20H27N3O2/c24-12-13-25-20-6-2-1-5-18(20)15-22-19-7-10-23(11-8-19)16-17-4-3-9-21-14-17/h1-6,9,14,19,22,24H,7-8,10-13,15-16H2. The van der Waals surface area contributed by atoms with Crippen LogP contribution >= 0.6 is 0 Å². The first-order valence-corrected chi connectivity index (χ1v) is 9.01. The highest BCUT2D eigenvalue weighted by molar-refractivity contribution is 5.33.